The Balaban J connectivity index is 0.000000310. The Labute approximate surface area is 337 Å². The third-order valence-electron chi connectivity index (χ3n) is 8.42. The van der Waals surface area contributed by atoms with Crippen molar-refractivity contribution in [2.75, 3.05) is 10.6 Å². The number of nitrogens with zero attached hydrogens (tertiary/aromatic N) is 2. The normalized spacial score (nSPS) is 14.1. The fraction of sp³-hybridized carbons (Fsp3) is 0.474. The van der Waals surface area contributed by atoms with Crippen LogP contribution in [-0.2, 0) is 52.4 Å². The van der Waals surface area contributed by atoms with E-state index < -0.39 is 77.3 Å². The van der Waals surface area contributed by atoms with Gasteiger partial charge >= 0.3 is 12.4 Å². The molecule has 0 spiro atoms. The van der Waals surface area contributed by atoms with Crippen LogP contribution in [0.25, 0.3) is 0 Å². The zero-order valence-electron chi connectivity index (χ0n) is 33.3. The van der Waals surface area contributed by atoms with Crippen LogP contribution >= 0.6 is 11.3 Å². The molecule has 11 nitrogen and oxygen atoms in total. The number of carbonyl (C=O) groups excluding carboxylic acids is 2. The molecular formula is C38H46F6N4O7S3. The summed E-state index contributed by atoms with van der Waals surface area (Å²) in [7, 11) is -8.45. The first-order valence-corrected chi connectivity index (χ1v) is 21.6. The molecule has 4 aromatic rings. The van der Waals surface area contributed by atoms with Gasteiger partial charge in [-0.15, -0.1) is 11.3 Å². The molecule has 2 aromatic heterocycles. The Kier molecular flexibility index (Phi) is 14.5. The fourth-order valence-electron chi connectivity index (χ4n) is 5.30. The third-order valence-corrected chi connectivity index (χ3v) is 13.9. The summed E-state index contributed by atoms with van der Waals surface area (Å²) in [6.45, 7) is 17.7. The number of carbonyl (C=O) groups is 2. The molecule has 2 amide bonds. The minimum absolute atomic E-state index is 0.0631. The number of sulfone groups is 2. The van der Waals surface area contributed by atoms with Gasteiger partial charge in [-0.3, -0.25) is 9.59 Å². The van der Waals surface area contributed by atoms with Crippen LogP contribution in [0.5, 0.6) is 0 Å². The van der Waals surface area contributed by atoms with Crippen LogP contribution in [0.15, 0.2) is 74.3 Å². The van der Waals surface area contributed by atoms with Crippen LogP contribution in [0.4, 0.5) is 37.3 Å². The van der Waals surface area contributed by atoms with E-state index in [0.29, 0.717) is 30.0 Å². The van der Waals surface area contributed by atoms with E-state index in [2.05, 4.69) is 20.8 Å². The van der Waals surface area contributed by atoms with Gasteiger partial charge in [-0.25, -0.2) is 21.8 Å². The predicted molar refractivity (Wildman–Crippen MR) is 208 cm³/mol. The van der Waals surface area contributed by atoms with Crippen molar-refractivity contribution in [3.63, 3.8) is 0 Å². The second kappa shape index (κ2) is 17.5. The number of aromatic nitrogens is 2. The molecule has 0 saturated heterocycles. The molecule has 0 saturated carbocycles. The molecule has 4 rings (SSSR count). The number of halogens is 6. The molecule has 0 fully saturated rings. The number of hydrogen-bond donors (Lipinski definition) is 2. The highest BCUT2D eigenvalue weighted by molar-refractivity contribution is 7.93. The van der Waals surface area contributed by atoms with E-state index in [1.54, 1.807) is 19.2 Å². The predicted octanol–water partition coefficient (Wildman–Crippen LogP) is 9.32. The summed E-state index contributed by atoms with van der Waals surface area (Å²) in [4.78, 5) is 29.1. The van der Waals surface area contributed by atoms with Crippen molar-refractivity contribution in [1.82, 2.24) is 10.1 Å². The van der Waals surface area contributed by atoms with Crippen molar-refractivity contribution in [1.29, 1.82) is 0 Å². The number of thiazole rings is 1. The fourth-order valence-corrected chi connectivity index (χ4v) is 9.97. The second-order valence-electron chi connectivity index (χ2n) is 16.1. The van der Waals surface area contributed by atoms with Gasteiger partial charge in [-0.2, -0.15) is 26.3 Å². The summed E-state index contributed by atoms with van der Waals surface area (Å²) in [6, 6.07) is 7.70. The molecule has 2 heterocycles. The van der Waals surface area contributed by atoms with Crippen LogP contribution < -0.4 is 10.6 Å². The molecule has 58 heavy (non-hydrogen) atoms. The molecule has 0 aliphatic carbocycles. The smallest absolute Gasteiger partial charge is 0.359 e. The molecule has 2 atom stereocenters. The quantitative estimate of drug-likeness (QED) is 0.148. The van der Waals surface area contributed by atoms with E-state index >= 15 is 0 Å². The van der Waals surface area contributed by atoms with Gasteiger partial charge < -0.3 is 15.2 Å². The molecule has 0 aliphatic heterocycles. The molecule has 320 valence electrons. The summed E-state index contributed by atoms with van der Waals surface area (Å²) >= 11 is 1.18. The van der Waals surface area contributed by atoms with Crippen molar-refractivity contribution >= 4 is 53.8 Å². The Morgan fingerprint density at radius 3 is 1.36 bits per heavy atom. The Bertz CT molecular complexity index is 2110. The number of nitrogens with one attached hydrogen (secondary N) is 2. The molecule has 20 heteroatoms. The zero-order valence-corrected chi connectivity index (χ0v) is 35.8. The maximum atomic E-state index is 13.0. The lowest BCUT2D eigenvalue weighted by Crippen LogP contribution is -2.39. The van der Waals surface area contributed by atoms with Gasteiger partial charge in [0.1, 0.15) is 16.3 Å². The molecule has 2 N–H and O–H groups in total. The van der Waals surface area contributed by atoms with Crippen molar-refractivity contribution in [2.45, 2.75) is 113 Å². The van der Waals surface area contributed by atoms with E-state index in [0.717, 1.165) is 30.0 Å². The lowest BCUT2D eigenvalue weighted by atomic mass is 9.93. The molecular weight excluding hydrogens is 835 g/mol. The summed E-state index contributed by atoms with van der Waals surface area (Å²) in [6.07, 6.45) is -9.17. The number of alkyl halides is 6. The SMILES string of the molecule is CC(C)C(C(=O)Nc1cc(C(C)(C)C)on1)S(=O)(=O)c1ccc(C(F)(F)F)cc1.CC(C)C(C(=O)Nc1nc(C(C)(C)C)cs1)S(=O)(=O)c1ccc(C(F)(F)F)cc1. The largest absolute Gasteiger partial charge is 0.416 e. The van der Waals surface area contributed by atoms with Crippen molar-refractivity contribution < 1.29 is 57.3 Å². The van der Waals surface area contributed by atoms with Crippen LogP contribution in [-0.4, -0.2) is 49.3 Å². The minimum Gasteiger partial charge on any atom is -0.359 e. The van der Waals surface area contributed by atoms with Crippen LogP contribution in [0.2, 0.25) is 0 Å². The highest BCUT2D eigenvalue weighted by atomic mass is 32.2. The summed E-state index contributed by atoms with van der Waals surface area (Å²) in [5.41, 5.74) is -1.77. The average molecular weight is 881 g/mol. The first-order valence-electron chi connectivity index (χ1n) is 17.6. The summed E-state index contributed by atoms with van der Waals surface area (Å²) in [5, 5.41) is 7.76. The standard InChI is InChI=1S/C19H23F3N2O4S.C19H23F3N2O3S2/c1-11(2)16(17(25)23-15-10-14(28-24-15)18(3,4)5)29(26,27)13-8-6-12(7-9-13)19(20,21)22;1-11(2)15(16(25)24-17-23-14(10-28-17)18(3,4)5)29(26,27)13-8-6-12(7-9-13)19(20,21)22/h6-11,16H,1-5H3,(H,23,24,25);6-11,15H,1-5H3,(H,23,24,25). The van der Waals surface area contributed by atoms with Crippen LogP contribution in [0, 0.1) is 11.8 Å². The van der Waals surface area contributed by atoms with Gasteiger partial charge in [-0.05, 0) is 60.4 Å². The topological polar surface area (TPSA) is 165 Å². The monoisotopic (exact) mass is 880 g/mol. The summed E-state index contributed by atoms with van der Waals surface area (Å²) < 4.78 is 133. The van der Waals surface area contributed by atoms with E-state index in [-0.39, 0.29) is 31.6 Å². The van der Waals surface area contributed by atoms with Crippen LogP contribution in [0.3, 0.4) is 0 Å². The molecule has 0 radical (unpaired) electrons. The lowest BCUT2D eigenvalue weighted by molar-refractivity contribution is -0.138. The number of amides is 2. The van der Waals surface area contributed by atoms with Crippen molar-refractivity contribution in [3.05, 3.63) is 82.6 Å². The Morgan fingerprint density at radius 2 is 1.05 bits per heavy atom. The molecule has 2 unspecified atom stereocenters. The lowest BCUT2D eigenvalue weighted by Gasteiger charge is -2.20. The first kappa shape index (κ1) is 48.1. The molecule has 2 aromatic carbocycles. The third kappa shape index (κ3) is 11.9. The Morgan fingerprint density at radius 1 is 0.655 bits per heavy atom. The number of benzene rings is 2. The minimum atomic E-state index is -4.59. The average Bonchev–Trinajstić information content (AvgIpc) is 3.74. The number of anilines is 2. The second-order valence-corrected chi connectivity index (χ2v) is 21.1. The van der Waals surface area contributed by atoms with Gasteiger partial charge in [0.25, 0.3) is 0 Å². The van der Waals surface area contributed by atoms with Crippen LogP contribution in [0.1, 0.15) is 91.8 Å². The van der Waals surface area contributed by atoms with Gasteiger partial charge in [0, 0.05) is 22.3 Å². The van der Waals surface area contributed by atoms with Crippen molar-refractivity contribution in [2.24, 2.45) is 11.8 Å². The number of rotatable bonds is 10. The van der Waals surface area contributed by atoms with E-state index in [9.17, 15) is 52.8 Å². The zero-order chi connectivity index (χ0) is 44.4. The number of hydrogen-bond acceptors (Lipinski definition) is 10. The van der Waals surface area contributed by atoms with E-state index in [4.69, 9.17) is 4.52 Å². The van der Waals surface area contributed by atoms with Gasteiger partial charge in [0.05, 0.1) is 26.6 Å². The van der Waals surface area contributed by atoms with Gasteiger partial charge in [-0.1, -0.05) is 74.4 Å². The van der Waals surface area contributed by atoms with Crippen molar-refractivity contribution in [3.8, 4) is 0 Å². The van der Waals surface area contributed by atoms with Gasteiger partial charge in [0.15, 0.2) is 30.6 Å². The van der Waals surface area contributed by atoms with Gasteiger partial charge in [0.2, 0.25) is 11.8 Å². The maximum absolute atomic E-state index is 13.0. The van der Waals surface area contributed by atoms with E-state index in [1.165, 1.54) is 31.3 Å². The molecule has 0 aliphatic rings. The summed E-state index contributed by atoms with van der Waals surface area (Å²) in [5.74, 6) is -2.29. The highest BCUT2D eigenvalue weighted by Crippen LogP contribution is 2.34. The Hall–Kier alpha value is -4.30. The molecule has 0 bridgehead atoms. The first-order chi connectivity index (χ1) is 26.3. The highest BCUT2D eigenvalue weighted by Gasteiger charge is 2.40. The van der Waals surface area contributed by atoms with E-state index in [1.807, 2.05) is 41.5 Å². The maximum Gasteiger partial charge on any atom is 0.416 e.